The Morgan fingerprint density at radius 1 is 1.25 bits per heavy atom. The molecule has 2 atom stereocenters. The van der Waals surface area contributed by atoms with Crippen LogP contribution < -0.4 is 0 Å². The topological polar surface area (TPSA) is 12.5 Å². The Balaban J connectivity index is 3.37. The van der Waals surface area contributed by atoms with Crippen molar-refractivity contribution in [2.45, 2.75) is 33.3 Å². The molecule has 0 bridgehead atoms. The highest BCUT2D eigenvalue weighted by molar-refractivity contribution is 4.58. The van der Waals surface area contributed by atoms with Gasteiger partial charge in [0.05, 0.1) is 12.7 Å². The van der Waals surface area contributed by atoms with Gasteiger partial charge in [0.15, 0.2) is 0 Å². The van der Waals surface area contributed by atoms with Crippen LogP contribution in [0.1, 0.15) is 27.2 Å². The molecule has 0 aromatic heterocycles. The van der Waals surface area contributed by atoms with Gasteiger partial charge in [-0.1, -0.05) is 20.3 Å². The summed E-state index contributed by atoms with van der Waals surface area (Å²) >= 11 is 0. The summed E-state index contributed by atoms with van der Waals surface area (Å²) in [6, 6.07) is 0. The summed E-state index contributed by atoms with van der Waals surface area (Å²) in [6.07, 6.45) is 1.60. The number of likely N-dealkylation sites (N-methyl/N-ethyl adjacent to an activating group) is 1. The molecule has 0 N–H and O–H groups in total. The van der Waals surface area contributed by atoms with Crippen molar-refractivity contribution in [3.63, 3.8) is 0 Å². The fourth-order valence-corrected chi connectivity index (χ4v) is 0.917. The third-order valence-electron chi connectivity index (χ3n) is 2.36. The Bertz CT molecular complexity index is 104. The van der Waals surface area contributed by atoms with E-state index in [0.717, 1.165) is 13.2 Å². The van der Waals surface area contributed by atoms with Crippen LogP contribution in [-0.4, -0.2) is 38.3 Å². The van der Waals surface area contributed by atoms with Crippen LogP contribution in [0.2, 0.25) is 0 Å². The van der Waals surface area contributed by atoms with Crippen LogP contribution in [0, 0.1) is 5.92 Å². The van der Waals surface area contributed by atoms with E-state index >= 15 is 0 Å². The van der Waals surface area contributed by atoms with Gasteiger partial charge in [0, 0.05) is 6.54 Å². The number of nitrogens with zero attached hydrogens (tertiary/aromatic N) is 1. The number of hydrogen-bond acceptors (Lipinski definition) is 2. The molecule has 0 amide bonds. The Labute approximate surface area is 76.9 Å². The quantitative estimate of drug-likeness (QED) is 0.609. The Morgan fingerprint density at radius 3 is 2.25 bits per heavy atom. The molecule has 0 aromatic rings. The maximum atomic E-state index is 5.66. The molecule has 0 aliphatic rings. The maximum absolute atomic E-state index is 5.66. The van der Waals surface area contributed by atoms with E-state index in [4.69, 9.17) is 4.74 Å². The van der Waals surface area contributed by atoms with E-state index in [0.29, 0.717) is 12.0 Å². The molecule has 0 aliphatic carbocycles. The van der Waals surface area contributed by atoms with Crippen molar-refractivity contribution in [3.05, 3.63) is 0 Å². The predicted molar refractivity (Wildman–Crippen MR) is 53.4 cm³/mol. The lowest BCUT2D eigenvalue weighted by Gasteiger charge is -2.20. The van der Waals surface area contributed by atoms with Crippen molar-refractivity contribution in [3.8, 4) is 0 Å². The van der Waals surface area contributed by atoms with Gasteiger partial charge < -0.3 is 9.64 Å². The van der Waals surface area contributed by atoms with Crippen molar-refractivity contribution >= 4 is 0 Å². The van der Waals surface area contributed by atoms with Crippen LogP contribution >= 0.6 is 0 Å². The molecule has 0 fully saturated rings. The van der Waals surface area contributed by atoms with Gasteiger partial charge in [0.25, 0.3) is 0 Å². The lowest BCUT2D eigenvalue weighted by molar-refractivity contribution is 0.0220. The molecule has 2 nitrogen and oxygen atoms in total. The summed E-state index contributed by atoms with van der Waals surface area (Å²) in [5.41, 5.74) is 0. The van der Waals surface area contributed by atoms with Crippen LogP contribution in [0.4, 0.5) is 0 Å². The van der Waals surface area contributed by atoms with Crippen LogP contribution in [0.25, 0.3) is 0 Å². The van der Waals surface area contributed by atoms with E-state index in [2.05, 4.69) is 39.8 Å². The Hall–Kier alpha value is -0.0800. The standard InChI is InChI=1S/C10H23NO/c1-6-9(2)10(3)12-8-7-11(4)5/h9-10H,6-8H2,1-5H3. The highest BCUT2D eigenvalue weighted by Gasteiger charge is 2.09. The number of ether oxygens (including phenoxy) is 1. The first-order chi connectivity index (χ1) is 5.57. The zero-order valence-corrected chi connectivity index (χ0v) is 9.13. The van der Waals surface area contributed by atoms with Gasteiger partial charge in [-0.3, -0.25) is 0 Å². The predicted octanol–water partition coefficient (Wildman–Crippen LogP) is 2.00. The van der Waals surface area contributed by atoms with E-state index in [1.54, 1.807) is 0 Å². The fourth-order valence-electron chi connectivity index (χ4n) is 0.917. The van der Waals surface area contributed by atoms with Crippen molar-refractivity contribution in [2.24, 2.45) is 5.92 Å². The number of hydrogen-bond donors (Lipinski definition) is 0. The van der Waals surface area contributed by atoms with E-state index in [-0.39, 0.29) is 0 Å². The average molecular weight is 173 g/mol. The summed E-state index contributed by atoms with van der Waals surface area (Å²) in [4.78, 5) is 2.14. The van der Waals surface area contributed by atoms with E-state index in [1.165, 1.54) is 6.42 Å². The summed E-state index contributed by atoms with van der Waals surface area (Å²) in [5.74, 6) is 0.673. The molecule has 0 radical (unpaired) electrons. The molecule has 0 heterocycles. The van der Waals surface area contributed by atoms with Gasteiger partial charge in [-0.05, 0) is 26.9 Å². The van der Waals surface area contributed by atoms with Gasteiger partial charge in [0.1, 0.15) is 0 Å². The lowest BCUT2D eigenvalue weighted by atomic mass is 10.0. The zero-order valence-electron chi connectivity index (χ0n) is 9.13. The second kappa shape index (κ2) is 6.44. The van der Waals surface area contributed by atoms with Crippen molar-refractivity contribution in [1.82, 2.24) is 4.90 Å². The SMILES string of the molecule is CCC(C)C(C)OCCN(C)C. The molecule has 0 saturated heterocycles. The minimum atomic E-state index is 0.398. The molecule has 12 heavy (non-hydrogen) atoms. The largest absolute Gasteiger partial charge is 0.377 e. The number of rotatable bonds is 6. The first-order valence-corrected chi connectivity index (χ1v) is 4.84. The Kier molecular flexibility index (Phi) is 6.39. The fraction of sp³-hybridized carbons (Fsp3) is 1.00. The van der Waals surface area contributed by atoms with Crippen molar-refractivity contribution < 1.29 is 4.74 Å². The molecule has 0 saturated carbocycles. The average Bonchev–Trinajstić information content (AvgIpc) is 2.02. The van der Waals surface area contributed by atoms with E-state index in [1.807, 2.05) is 0 Å². The summed E-state index contributed by atoms with van der Waals surface area (Å²) in [6.45, 7) is 8.46. The van der Waals surface area contributed by atoms with Crippen LogP contribution in [0.5, 0.6) is 0 Å². The second-order valence-corrected chi connectivity index (χ2v) is 3.76. The van der Waals surface area contributed by atoms with E-state index in [9.17, 15) is 0 Å². The van der Waals surface area contributed by atoms with Gasteiger partial charge in [-0.15, -0.1) is 0 Å². The highest BCUT2D eigenvalue weighted by atomic mass is 16.5. The first-order valence-electron chi connectivity index (χ1n) is 4.84. The minimum absolute atomic E-state index is 0.398. The molecular weight excluding hydrogens is 150 g/mol. The third-order valence-corrected chi connectivity index (χ3v) is 2.36. The normalized spacial score (nSPS) is 16.5. The smallest absolute Gasteiger partial charge is 0.0596 e. The lowest BCUT2D eigenvalue weighted by Crippen LogP contribution is -2.24. The molecule has 0 aromatic carbocycles. The summed E-state index contributed by atoms with van der Waals surface area (Å²) in [7, 11) is 4.13. The highest BCUT2D eigenvalue weighted by Crippen LogP contribution is 2.09. The molecular formula is C10H23NO. The molecule has 74 valence electrons. The Morgan fingerprint density at radius 2 is 1.83 bits per heavy atom. The van der Waals surface area contributed by atoms with Gasteiger partial charge in [-0.2, -0.15) is 0 Å². The van der Waals surface area contributed by atoms with Gasteiger partial charge in [0.2, 0.25) is 0 Å². The maximum Gasteiger partial charge on any atom is 0.0596 e. The zero-order chi connectivity index (χ0) is 9.56. The van der Waals surface area contributed by atoms with Crippen LogP contribution in [-0.2, 0) is 4.74 Å². The third kappa shape index (κ3) is 5.56. The van der Waals surface area contributed by atoms with Crippen LogP contribution in [0.3, 0.4) is 0 Å². The van der Waals surface area contributed by atoms with Crippen molar-refractivity contribution in [1.29, 1.82) is 0 Å². The van der Waals surface area contributed by atoms with Gasteiger partial charge in [-0.25, -0.2) is 0 Å². The van der Waals surface area contributed by atoms with Gasteiger partial charge >= 0.3 is 0 Å². The molecule has 0 rings (SSSR count). The molecule has 2 heteroatoms. The van der Waals surface area contributed by atoms with Crippen LogP contribution in [0.15, 0.2) is 0 Å². The molecule has 0 spiro atoms. The summed E-state index contributed by atoms with van der Waals surface area (Å²) < 4.78 is 5.66. The molecule has 0 aliphatic heterocycles. The van der Waals surface area contributed by atoms with Crippen molar-refractivity contribution in [2.75, 3.05) is 27.2 Å². The minimum Gasteiger partial charge on any atom is -0.377 e. The first kappa shape index (κ1) is 11.9. The second-order valence-electron chi connectivity index (χ2n) is 3.76. The molecule has 2 unspecified atom stereocenters. The van der Waals surface area contributed by atoms with E-state index < -0.39 is 0 Å². The summed E-state index contributed by atoms with van der Waals surface area (Å²) in [5, 5.41) is 0. The monoisotopic (exact) mass is 173 g/mol.